The van der Waals surface area contributed by atoms with Gasteiger partial charge in [0.05, 0.1) is 44.8 Å². The molecule has 0 saturated carbocycles. The maximum Gasteiger partial charge on any atom is 2.00 e. The molecule has 0 aliphatic carbocycles. The van der Waals surface area contributed by atoms with Crippen molar-refractivity contribution in [1.29, 1.82) is 0 Å². The number of nitrogens with zero attached hydrogens (tertiary/aromatic N) is 8. The molecular formula is C44H28N8Ru+2. The van der Waals surface area contributed by atoms with Crippen LogP contribution in [0.5, 0.6) is 0 Å². The predicted molar refractivity (Wildman–Crippen MR) is 209 cm³/mol. The van der Waals surface area contributed by atoms with Gasteiger partial charge in [0.25, 0.3) is 0 Å². The molecule has 0 radical (unpaired) electrons. The van der Waals surface area contributed by atoms with Crippen molar-refractivity contribution in [2.24, 2.45) is 0 Å². The summed E-state index contributed by atoms with van der Waals surface area (Å²) in [6, 6.07) is 43.8. The molecule has 11 rings (SSSR count). The van der Waals surface area contributed by atoms with Gasteiger partial charge in [-0.2, -0.15) is 0 Å². The number of pyridine rings is 8. The summed E-state index contributed by atoms with van der Waals surface area (Å²) in [4.78, 5) is 36.3. The Morgan fingerprint density at radius 1 is 0.264 bits per heavy atom. The van der Waals surface area contributed by atoms with E-state index in [1.807, 2.05) is 109 Å². The molecule has 0 amide bonds. The van der Waals surface area contributed by atoms with Crippen molar-refractivity contribution in [1.82, 2.24) is 39.9 Å². The molecule has 53 heavy (non-hydrogen) atoms. The zero-order valence-corrected chi connectivity index (χ0v) is 29.8. The van der Waals surface area contributed by atoms with Crippen LogP contribution in [0.25, 0.3) is 88.2 Å². The second-order valence-corrected chi connectivity index (χ2v) is 12.0. The molecule has 0 fully saturated rings. The average molecular weight is 770 g/mol. The van der Waals surface area contributed by atoms with E-state index in [1.54, 1.807) is 24.8 Å². The molecule has 0 atom stereocenters. The van der Waals surface area contributed by atoms with E-state index < -0.39 is 0 Å². The molecule has 3 aromatic carbocycles. The predicted octanol–water partition coefficient (Wildman–Crippen LogP) is 9.91. The molecule has 0 aliphatic heterocycles. The maximum atomic E-state index is 5.03. The first-order valence-corrected chi connectivity index (χ1v) is 16.8. The van der Waals surface area contributed by atoms with E-state index in [4.69, 9.17) is 19.9 Å². The van der Waals surface area contributed by atoms with Crippen LogP contribution in [0.15, 0.2) is 171 Å². The number of rotatable bonds is 2. The third-order valence-electron chi connectivity index (χ3n) is 8.86. The fourth-order valence-electron chi connectivity index (χ4n) is 6.56. The molecule has 250 valence electrons. The van der Waals surface area contributed by atoms with Gasteiger partial charge in [0, 0.05) is 58.7 Å². The van der Waals surface area contributed by atoms with Crippen LogP contribution >= 0.6 is 0 Å². The van der Waals surface area contributed by atoms with Gasteiger partial charge in [-0.1, -0.05) is 60.7 Å². The minimum atomic E-state index is 0. The molecule has 0 N–H and O–H groups in total. The molecular weight excluding hydrogens is 742 g/mol. The van der Waals surface area contributed by atoms with E-state index in [1.165, 1.54) is 0 Å². The molecule has 9 heteroatoms. The van der Waals surface area contributed by atoms with Gasteiger partial charge in [0.15, 0.2) is 0 Å². The first-order chi connectivity index (χ1) is 25.8. The van der Waals surface area contributed by atoms with Crippen LogP contribution in [0.3, 0.4) is 0 Å². The summed E-state index contributed by atoms with van der Waals surface area (Å²) in [5.74, 6) is 0. The smallest absolute Gasteiger partial charge is 0.255 e. The number of hydrogen-bond donors (Lipinski definition) is 0. The SMILES string of the molecule is [Ru+2].c1ccc(-c2ccccn2)nc1.c1ccc(-c2ccccn2)nc1.c1ccc2c(c1)nc1c3nc4ccccc4c4ccnc(c5nccc2c51)c43. The molecule has 11 aromatic rings. The van der Waals surface area contributed by atoms with Crippen LogP contribution < -0.4 is 0 Å². The molecule has 0 aliphatic rings. The summed E-state index contributed by atoms with van der Waals surface area (Å²) in [5, 5.41) is 6.62. The Morgan fingerprint density at radius 3 is 0.943 bits per heavy atom. The zero-order valence-electron chi connectivity index (χ0n) is 28.1. The standard InChI is InChI=1S/C24H12N4.2C10H8N2.Ru/c1-3-7-17-13(5-1)15-9-11-25-21-19(15)23(27-17)24-20-16(10-12-26-22(20)21)14-6-2-4-8-18(14)28-24;2*1-3-7-11-9(5-1)10-6-2-4-8-12-10;/h1-12H;2*1-8H;/q;;;+2. The van der Waals surface area contributed by atoms with E-state index in [9.17, 15) is 0 Å². The first-order valence-electron chi connectivity index (χ1n) is 16.8. The second-order valence-electron chi connectivity index (χ2n) is 12.0. The van der Waals surface area contributed by atoms with Gasteiger partial charge < -0.3 is 0 Å². The molecule has 8 nitrogen and oxygen atoms in total. The first kappa shape index (κ1) is 33.4. The van der Waals surface area contributed by atoms with E-state index in [0.717, 1.165) is 88.2 Å². The van der Waals surface area contributed by atoms with Gasteiger partial charge in [-0.05, 0) is 83.6 Å². The third-order valence-corrected chi connectivity index (χ3v) is 8.86. The Balaban J connectivity index is 0.000000133. The van der Waals surface area contributed by atoms with Crippen LogP contribution in [-0.2, 0) is 19.5 Å². The summed E-state index contributed by atoms with van der Waals surface area (Å²) in [6.45, 7) is 0. The van der Waals surface area contributed by atoms with Gasteiger partial charge in [0.2, 0.25) is 0 Å². The van der Waals surface area contributed by atoms with Crippen molar-refractivity contribution in [3.63, 3.8) is 0 Å². The molecule has 0 bridgehead atoms. The molecule has 0 spiro atoms. The number of hydrogen-bond acceptors (Lipinski definition) is 8. The minimum Gasteiger partial charge on any atom is -0.255 e. The monoisotopic (exact) mass is 770 g/mol. The Labute approximate surface area is 316 Å². The number of benzene rings is 3. The molecule has 0 unspecified atom stereocenters. The van der Waals surface area contributed by atoms with E-state index in [0.29, 0.717) is 0 Å². The van der Waals surface area contributed by atoms with Crippen LogP contribution in [0.2, 0.25) is 0 Å². The minimum absolute atomic E-state index is 0. The Kier molecular flexibility index (Phi) is 9.39. The quantitative estimate of drug-likeness (QED) is 0.0973. The normalized spacial score (nSPS) is 10.9. The summed E-state index contributed by atoms with van der Waals surface area (Å²) in [5.41, 5.74) is 9.17. The maximum absolute atomic E-state index is 5.03. The molecule has 8 aromatic heterocycles. The van der Waals surface area contributed by atoms with E-state index in [-0.39, 0.29) is 19.5 Å². The van der Waals surface area contributed by atoms with E-state index in [2.05, 4.69) is 56.3 Å². The summed E-state index contributed by atoms with van der Waals surface area (Å²) < 4.78 is 0. The van der Waals surface area contributed by atoms with Gasteiger partial charge in [-0.15, -0.1) is 0 Å². The largest absolute Gasteiger partial charge is 2.00 e. The van der Waals surface area contributed by atoms with Crippen molar-refractivity contribution >= 4 is 65.4 Å². The van der Waals surface area contributed by atoms with Gasteiger partial charge in [-0.3, -0.25) is 29.9 Å². The summed E-state index contributed by atoms with van der Waals surface area (Å²) in [6.07, 6.45) is 10.8. The molecule has 0 saturated heterocycles. The van der Waals surface area contributed by atoms with Crippen molar-refractivity contribution < 1.29 is 19.5 Å². The summed E-state index contributed by atoms with van der Waals surface area (Å²) in [7, 11) is 0. The Bertz CT molecular complexity index is 2670. The number of para-hydroxylation sites is 2. The van der Waals surface area contributed by atoms with Gasteiger partial charge in [-0.25, -0.2) is 9.97 Å². The summed E-state index contributed by atoms with van der Waals surface area (Å²) >= 11 is 0. The van der Waals surface area contributed by atoms with Crippen molar-refractivity contribution in [2.45, 2.75) is 0 Å². The fourth-order valence-corrected chi connectivity index (χ4v) is 6.56. The Hall–Kier alpha value is -6.70. The van der Waals surface area contributed by atoms with Crippen LogP contribution in [-0.4, -0.2) is 39.9 Å². The van der Waals surface area contributed by atoms with Crippen LogP contribution in [0, 0.1) is 0 Å². The van der Waals surface area contributed by atoms with Crippen molar-refractivity contribution in [3.05, 3.63) is 171 Å². The van der Waals surface area contributed by atoms with Gasteiger partial charge in [0.1, 0.15) is 11.0 Å². The van der Waals surface area contributed by atoms with Crippen molar-refractivity contribution in [3.8, 4) is 22.8 Å². The number of fused-ring (bicyclic) bond motifs is 6. The average Bonchev–Trinajstić information content (AvgIpc) is 3.24. The van der Waals surface area contributed by atoms with E-state index >= 15 is 0 Å². The van der Waals surface area contributed by atoms with Crippen LogP contribution in [0.4, 0.5) is 0 Å². The number of aromatic nitrogens is 8. The molecule has 8 heterocycles. The van der Waals surface area contributed by atoms with Crippen molar-refractivity contribution in [2.75, 3.05) is 0 Å². The van der Waals surface area contributed by atoms with Crippen LogP contribution in [0.1, 0.15) is 0 Å². The Morgan fingerprint density at radius 2 is 0.604 bits per heavy atom. The van der Waals surface area contributed by atoms with Gasteiger partial charge >= 0.3 is 19.5 Å². The topological polar surface area (TPSA) is 103 Å². The second kappa shape index (κ2) is 14.9. The zero-order chi connectivity index (χ0) is 34.7. The fraction of sp³-hybridized carbons (Fsp3) is 0. The third kappa shape index (κ3) is 6.39.